The Hall–Kier alpha value is -1.68. The lowest BCUT2D eigenvalue weighted by Gasteiger charge is -2.04. The van der Waals surface area contributed by atoms with Gasteiger partial charge in [0.25, 0.3) is 0 Å². The fourth-order valence-corrected chi connectivity index (χ4v) is 1.38. The molecular formula is C10H9ClN3O. The van der Waals surface area contributed by atoms with Gasteiger partial charge in [-0.3, -0.25) is 4.68 Å². The summed E-state index contributed by atoms with van der Waals surface area (Å²) in [5.41, 5.74) is 7.72. The lowest BCUT2D eigenvalue weighted by molar-refractivity contribution is 0.482. The maximum atomic E-state index is 7.36. The van der Waals surface area contributed by atoms with E-state index in [0.29, 0.717) is 22.2 Å². The van der Waals surface area contributed by atoms with Gasteiger partial charge in [0, 0.05) is 7.05 Å². The van der Waals surface area contributed by atoms with Gasteiger partial charge < -0.3 is 10.5 Å². The molecule has 2 rings (SSSR count). The fraction of sp³-hybridized carbons (Fsp3) is 0.100. The van der Waals surface area contributed by atoms with Gasteiger partial charge in [0.05, 0.1) is 23.1 Å². The van der Waals surface area contributed by atoms with Crippen LogP contribution in [0, 0.1) is 0 Å². The molecule has 1 radical (unpaired) electrons. The first-order valence-electron chi connectivity index (χ1n) is 4.33. The van der Waals surface area contributed by atoms with Crippen LogP contribution in [-0.2, 0) is 7.05 Å². The smallest absolute Gasteiger partial charge is 0.165 e. The molecule has 2 aromatic rings. The summed E-state index contributed by atoms with van der Waals surface area (Å²) in [7, 11) is 1.81. The molecule has 1 aromatic carbocycles. The molecule has 0 amide bonds. The van der Waals surface area contributed by atoms with Gasteiger partial charge in [-0.15, -0.1) is 0 Å². The zero-order chi connectivity index (χ0) is 10.8. The van der Waals surface area contributed by atoms with E-state index in [1.807, 2.05) is 0 Å². The van der Waals surface area contributed by atoms with Crippen molar-refractivity contribution in [3.63, 3.8) is 0 Å². The van der Waals surface area contributed by atoms with E-state index in [1.54, 1.807) is 36.3 Å². The normalized spacial score (nSPS) is 10.3. The van der Waals surface area contributed by atoms with Gasteiger partial charge in [-0.25, -0.2) is 0 Å². The van der Waals surface area contributed by atoms with Crippen LogP contribution in [0.2, 0.25) is 5.02 Å². The quantitative estimate of drug-likeness (QED) is 0.785. The summed E-state index contributed by atoms with van der Waals surface area (Å²) in [6, 6.07) is 4.82. The van der Waals surface area contributed by atoms with Crippen molar-refractivity contribution in [2.24, 2.45) is 7.05 Å². The number of nitrogens with zero attached hydrogens (tertiary/aromatic N) is 2. The van der Waals surface area contributed by atoms with Crippen LogP contribution in [0.15, 0.2) is 30.6 Å². The summed E-state index contributed by atoms with van der Waals surface area (Å²) in [4.78, 5) is 0. The number of benzene rings is 1. The second-order valence-corrected chi connectivity index (χ2v) is 3.50. The van der Waals surface area contributed by atoms with Crippen molar-refractivity contribution in [3.8, 4) is 11.5 Å². The third-order valence-electron chi connectivity index (χ3n) is 1.84. The third kappa shape index (κ3) is 2.22. The standard InChI is InChI=1S/C10H9ClN3O/c1-14-6-8(5-13-14)15-10-3-2-7(12)4-9(10)11/h2-6,12H,1H3. The van der Waals surface area contributed by atoms with E-state index in [-0.39, 0.29) is 0 Å². The number of nitrogens with one attached hydrogen (secondary N) is 1. The molecule has 0 saturated carbocycles. The van der Waals surface area contributed by atoms with E-state index < -0.39 is 0 Å². The van der Waals surface area contributed by atoms with Crippen LogP contribution in [0.1, 0.15) is 0 Å². The van der Waals surface area contributed by atoms with Crippen molar-refractivity contribution in [2.45, 2.75) is 0 Å². The highest BCUT2D eigenvalue weighted by atomic mass is 35.5. The molecule has 0 aliphatic rings. The van der Waals surface area contributed by atoms with Crippen LogP contribution in [0.25, 0.3) is 0 Å². The van der Waals surface area contributed by atoms with Crippen molar-refractivity contribution >= 4 is 17.3 Å². The van der Waals surface area contributed by atoms with Crippen LogP contribution in [0.4, 0.5) is 5.69 Å². The van der Waals surface area contributed by atoms with E-state index in [0.717, 1.165) is 0 Å². The van der Waals surface area contributed by atoms with Crippen LogP contribution in [-0.4, -0.2) is 9.78 Å². The van der Waals surface area contributed by atoms with Gasteiger partial charge in [-0.2, -0.15) is 5.10 Å². The Morgan fingerprint density at radius 1 is 1.47 bits per heavy atom. The minimum Gasteiger partial charge on any atom is -0.452 e. The van der Waals surface area contributed by atoms with Crippen LogP contribution in [0.3, 0.4) is 0 Å². The van der Waals surface area contributed by atoms with Crippen LogP contribution >= 0.6 is 11.6 Å². The number of halogens is 1. The average Bonchev–Trinajstić information content (AvgIpc) is 2.56. The molecule has 0 aliphatic carbocycles. The first kappa shape index (κ1) is 9.86. The highest BCUT2D eigenvalue weighted by Gasteiger charge is 2.04. The predicted octanol–water partition coefficient (Wildman–Crippen LogP) is 2.78. The lowest BCUT2D eigenvalue weighted by atomic mass is 10.3. The highest BCUT2D eigenvalue weighted by molar-refractivity contribution is 6.32. The Bertz CT molecular complexity index is 481. The van der Waals surface area contributed by atoms with Crippen molar-refractivity contribution in [1.82, 2.24) is 15.5 Å². The molecule has 0 atom stereocenters. The molecule has 77 valence electrons. The highest BCUT2D eigenvalue weighted by Crippen LogP contribution is 2.30. The monoisotopic (exact) mass is 222 g/mol. The first-order valence-corrected chi connectivity index (χ1v) is 4.70. The summed E-state index contributed by atoms with van der Waals surface area (Å²) in [5, 5.41) is 4.39. The van der Waals surface area contributed by atoms with Crippen molar-refractivity contribution in [2.75, 3.05) is 0 Å². The molecule has 0 saturated heterocycles. The van der Waals surface area contributed by atoms with Crippen LogP contribution in [0.5, 0.6) is 11.5 Å². The Kier molecular flexibility index (Phi) is 2.51. The number of rotatable bonds is 2. The number of ether oxygens (including phenoxy) is 1. The van der Waals surface area contributed by atoms with Crippen LogP contribution < -0.4 is 10.5 Å². The average molecular weight is 223 g/mol. The lowest BCUT2D eigenvalue weighted by Crippen LogP contribution is -1.85. The van der Waals surface area contributed by atoms with Gasteiger partial charge >= 0.3 is 0 Å². The molecule has 5 heteroatoms. The van der Waals surface area contributed by atoms with E-state index in [2.05, 4.69) is 5.10 Å². The zero-order valence-electron chi connectivity index (χ0n) is 8.07. The Morgan fingerprint density at radius 3 is 2.87 bits per heavy atom. The van der Waals surface area contributed by atoms with Crippen molar-refractivity contribution in [3.05, 3.63) is 35.6 Å². The second-order valence-electron chi connectivity index (χ2n) is 3.10. The molecular weight excluding hydrogens is 214 g/mol. The molecule has 1 N–H and O–H groups in total. The summed E-state index contributed by atoms with van der Waals surface area (Å²) in [6.45, 7) is 0. The summed E-state index contributed by atoms with van der Waals surface area (Å²) < 4.78 is 7.13. The molecule has 0 fully saturated rings. The molecule has 0 unspecified atom stereocenters. The maximum absolute atomic E-state index is 7.36. The largest absolute Gasteiger partial charge is 0.452 e. The van der Waals surface area contributed by atoms with E-state index in [4.69, 9.17) is 22.1 Å². The van der Waals surface area contributed by atoms with Gasteiger partial charge in [0.1, 0.15) is 5.75 Å². The number of aryl methyl sites for hydroxylation is 1. The molecule has 1 heterocycles. The molecule has 0 spiro atoms. The molecule has 0 aliphatic heterocycles. The number of aromatic nitrogens is 2. The Morgan fingerprint density at radius 2 is 2.27 bits per heavy atom. The number of hydrogen-bond acceptors (Lipinski definition) is 2. The topological polar surface area (TPSA) is 50.9 Å². The Labute approximate surface area is 92.2 Å². The van der Waals surface area contributed by atoms with Gasteiger partial charge in [0.2, 0.25) is 0 Å². The summed E-state index contributed by atoms with van der Waals surface area (Å²) in [5.74, 6) is 1.15. The minimum absolute atomic E-state index is 0.360. The summed E-state index contributed by atoms with van der Waals surface area (Å²) >= 11 is 5.91. The third-order valence-corrected chi connectivity index (χ3v) is 2.14. The second kappa shape index (κ2) is 3.82. The van der Waals surface area contributed by atoms with E-state index >= 15 is 0 Å². The van der Waals surface area contributed by atoms with Crippen molar-refractivity contribution < 1.29 is 4.74 Å². The van der Waals surface area contributed by atoms with Gasteiger partial charge in [-0.1, -0.05) is 11.6 Å². The number of hydrogen-bond donors (Lipinski definition) is 0. The molecule has 4 nitrogen and oxygen atoms in total. The van der Waals surface area contributed by atoms with Gasteiger partial charge in [0.15, 0.2) is 5.75 Å². The predicted molar refractivity (Wildman–Crippen MR) is 57.5 cm³/mol. The first-order chi connectivity index (χ1) is 7.15. The van der Waals surface area contributed by atoms with Gasteiger partial charge in [-0.05, 0) is 18.2 Å². The molecule has 1 aromatic heterocycles. The molecule has 0 bridgehead atoms. The maximum Gasteiger partial charge on any atom is 0.165 e. The minimum atomic E-state index is 0.360. The molecule has 15 heavy (non-hydrogen) atoms. The van der Waals surface area contributed by atoms with E-state index in [1.165, 1.54) is 6.07 Å². The van der Waals surface area contributed by atoms with E-state index in [9.17, 15) is 0 Å². The fourth-order valence-electron chi connectivity index (χ4n) is 1.16. The SMILES string of the molecule is Cn1cc(Oc2ccc([NH])cc2Cl)cn1. The Balaban J connectivity index is 2.24. The summed E-state index contributed by atoms with van der Waals surface area (Å²) in [6.07, 6.45) is 3.34. The van der Waals surface area contributed by atoms with Crippen molar-refractivity contribution in [1.29, 1.82) is 0 Å². The zero-order valence-corrected chi connectivity index (χ0v) is 8.82.